The zero-order valence-electron chi connectivity index (χ0n) is 15.0. The van der Waals surface area contributed by atoms with Crippen LogP contribution in [0.4, 0.5) is 0 Å². The fourth-order valence-corrected chi connectivity index (χ4v) is 3.11. The van der Waals surface area contributed by atoms with E-state index in [-0.39, 0.29) is 29.6 Å². The van der Waals surface area contributed by atoms with Crippen molar-refractivity contribution < 1.29 is 9.59 Å². The number of hydrogen-bond donors (Lipinski definition) is 1. The molecule has 0 spiro atoms. The molecule has 3 heterocycles. The second kappa shape index (κ2) is 6.35. The molecule has 9 nitrogen and oxygen atoms in total. The Bertz CT molecular complexity index is 1120. The number of nitrogens with zero attached hydrogens (tertiary/aromatic N) is 5. The molecule has 4 rings (SSSR count). The number of H-pyrrole nitrogens is 1. The van der Waals surface area contributed by atoms with Crippen molar-refractivity contribution in [2.75, 3.05) is 20.6 Å². The van der Waals surface area contributed by atoms with Crippen LogP contribution in [0.15, 0.2) is 35.1 Å². The van der Waals surface area contributed by atoms with E-state index in [4.69, 9.17) is 0 Å². The summed E-state index contributed by atoms with van der Waals surface area (Å²) < 4.78 is 1.56. The molecule has 1 aliphatic rings. The van der Waals surface area contributed by atoms with Gasteiger partial charge in [0.05, 0.1) is 24.0 Å². The smallest absolute Gasteiger partial charge is 0.274 e. The maximum absolute atomic E-state index is 12.7. The first-order valence-corrected chi connectivity index (χ1v) is 8.51. The lowest BCUT2D eigenvalue weighted by molar-refractivity contribution is 0.0738. The maximum atomic E-state index is 12.7. The Morgan fingerprint density at radius 3 is 2.85 bits per heavy atom. The third-order valence-corrected chi connectivity index (χ3v) is 4.61. The van der Waals surface area contributed by atoms with Crippen LogP contribution in [0.2, 0.25) is 0 Å². The van der Waals surface area contributed by atoms with Crippen LogP contribution in [0.1, 0.15) is 26.8 Å². The summed E-state index contributed by atoms with van der Waals surface area (Å²) in [5, 5.41) is 4.75. The number of likely N-dealkylation sites (N-methyl/N-ethyl adjacent to an activating group) is 1. The Hall–Kier alpha value is -3.49. The zero-order valence-corrected chi connectivity index (χ0v) is 15.0. The summed E-state index contributed by atoms with van der Waals surface area (Å²) in [5.74, 6) is -0.117. The minimum atomic E-state index is -0.344. The number of hydrogen-bond acceptors (Lipinski definition) is 5. The molecule has 1 aromatic carbocycles. The average molecular weight is 366 g/mol. The lowest BCUT2D eigenvalue weighted by Gasteiger charge is -2.22. The number of aromatic nitrogens is 4. The van der Waals surface area contributed by atoms with Gasteiger partial charge in [-0.05, 0) is 12.1 Å². The third kappa shape index (κ3) is 2.97. The van der Waals surface area contributed by atoms with Crippen molar-refractivity contribution in [3.8, 4) is 0 Å². The van der Waals surface area contributed by atoms with Crippen LogP contribution in [0.5, 0.6) is 0 Å². The van der Waals surface area contributed by atoms with Crippen molar-refractivity contribution in [3.63, 3.8) is 0 Å². The van der Waals surface area contributed by atoms with Crippen LogP contribution in [0, 0.1) is 0 Å². The van der Waals surface area contributed by atoms with E-state index < -0.39 is 0 Å². The van der Waals surface area contributed by atoms with E-state index in [0.717, 1.165) is 0 Å². The van der Waals surface area contributed by atoms with Gasteiger partial charge in [0.15, 0.2) is 5.69 Å². The van der Waals surface area contributed by atoms with E-state index in [1.807, 2.05) is 0 Å². The molecule has 2 amide bonds. The van der Waals surface area contributed by atoms with Gasteiger partial charge in [0.2, 0.25) is 0 Å². The predicted molar refractivity (Wildman–Crippen MR) is 97.3 cm³/mol. The van der Waals surface area contributed by atoms with Crippen LogP contribution in [0.25, 0.3) is 10.9 Å². The Labute approximate surface area is 154 Å². The van der Waals surface area contributed by atoms with Crippen molar-refractivity contribution in [2.24, 2.45) is 0 Å². The summed E-state index contributed by atoms with van der Waals surface area (Å²) in [6, 6.07) is 8.53. The number of rotatable bonds is 3. The number of carbonyl (C=O) groups excluding carboxylic acids is 2. The number of fused-ring (bicyclic) bond motifs is 2. The fourth-order valence-electron chi connectivity index (χ4n) is 3.11. The number of benzene rings is 1. The van der Waals surface area contributed by atoms with Crippen molar-refractivity contribution in [2.45, 2.75) is 13.1 Å². The van der Waals surface area contributed by atoms with Crippen LogP contribution < -0.4 is 5.56 Å². The SMILES string of the molecule is CN(Cc1nc2ccccc2c(=O)[nH]1)C(=O)c1cc2n(n1)CCN(C)C2=O. The summed E-state index contributed by atoms with van der Waals surface area (Å²) in [7, 11) is 3.32. The Morgan fingerprint density at radius 2 is 2.04 bits per heavy atom. The Morgan fingerprint density at radius 1 is 1.26 bits per heavy atom. The van der Waals surface area contributed by atoms with E-state index in [9.17, 15) is 14.4 Å². The van der Waals surface area contributed by atoms with Gasteiger partial charge in [-0.25, -0.2) is 4.98 Å². The topological polar surface area (TPSA) is 104 Å². The second-order valence-corrected chi connectivity index (χ2v) is 6.56. The molecule has 27 heavy (non-hydrogen) atoms. The maximum Gasteiger partial charge on any atom is 0.274 e. The second-order valence-electron chi connectivity index (χ2n) is 6.56. The standard InChI is InChI=1S/C18H18N6O3/c1-22-7-8-24-14(18(22)27)9-13(21-24)17(26)23(2)10-15-19-12-6-4-3-5-11(12)16(25)20-15/h3-6,9H,7-8,10H2,1-2H3,(H,19,20,25). The molecule has 0 unspecified atom stereocenters. The predicted octanol–water partition coefficient (Wildman–Crippen LogP) is 0.477. The van der Waals surface area contributed by atoms with E-state index >= 15 is 0 Å². The van der Waals surface area contributed by atoms with Crippen LogP contribution in [-0.2, 0) is 13.1 Å². The molecule has 1 aliphatic heterocycles. The summed E-state index contributed by atoms with van der Waals surface area (Å²) in [6.45, 7) is 1.22. The highest BCUT2D eigenvalue weighted by Crippen LogP contribution is 2.14. The van der Waals surface area contributed by atoms with Gasteiger partial charge in [0, 0.05) is 26.7 Å². The largest absolute Gasteiger partial charge is 0.339 e. The van der Waals surface area contributed by atoms with E-state index in [0.29, 0.717) is 35.5 Å². The third-order valence-electron chi connectivity index (χ3n) is 4.61. The van der Waals surface area contributed by atoms with Gasteiger partial charge < -0.3 is 14.8 Å². The van der Waals surface area contributed by atoms with Gasteiger partial charge in [-0.15, -0.1) is 0 Å². The van der Waals surface area contributed by atoms with Crippen LogP contribution >= 0.6 is 0 Å². The summed E-state index contributed by atoms with van der Waals surface area (Å²) in [6.07, 6.45) is 0. The normalized spacial score (nSPS) is 13.7. The van der Waals surface area contributed by atoms with E-state index in [1.165, 1.54) is 11.0 Å². The van der Waals surface area contributed by atoms with Gasteiger partial charge in [-0.2, -0.15) is 5.10 Å². The first-order chi connectivity index (χ1) is 12.9. The Kier molecular flexibility index (Phi) is 3.98. The highest BCUT2D eigenvalue weighted by molar-refractivity contribution is 5.98. The molecule has 2 aromatic heterocycles. The molecule has 0 aliphatic carbocycles. The first-order valence-electron chi connectivity index (χ1n) is 8.51. The molecule has 0 fully saturated rings. The summed E-state index contributed by atoms with van der Waals surface area (Å²) in [4.78, 5) is 47.2. The van der Waals surface area contributed by atoms with E-state index in [2.05, 4.69) is 15.1 Å². The van der Waals surface area contributed by atoms with Crippen molar-refractivity contribution in [1.29, 1.82) is 0 Å². The molecule has 0 atom stereocenters. The van der Waals surface area contributed by atoms with Gasteiger partial charge in [0.1, 0.15) is 11.5 Å². The molecule has 0 saturated heterocycles. The van der Waals surface area contributed by atoms with Crippen LogP contribution in [-0.4, -0.2) is 62.0 Å². The number of carbonyl (C=O) groups is 2. The van der Waals surface area contributed by atoms with Crippen molar-refractivity contribution >= 4 is 22.7 Å². The fraction of sp³-hybridized carbons (Fsp3) is 0.278. The molecular formula is C18H18N6O3. The lowest BCUT2D eigenvalue weighted by atomic mass is 10.2. The average Bonchev–Trinajstić information content (AvgIpc) is 3.09. The molecule has 0 radical (unpaired) electrons. The van der Waals surface area contributed by atoms with Crippen LogP contribution in [0.3, 0.4) is 0 Å². The first kappa shape index (κ1) is 17.0. The van der Waals surface area contributed by atoms with Gasteiger partial charge >= 0.3 is 0 Å². The molecular weight excluding hydrogens is 348 g/mol. The number of para-hydroxylation sites is 1. The van der Waals surface area contributed by atoms with Gasteiger partial charge in [-0.3, -0.25) is 19.1 Å². The molecule has 9 heteroatoms. The number of aromatic amines is 1. The molecule has 1 N–H and O–H groups in total. The van der Waals surface area contributed by atoms with Crippen molar-refractivity contribution in [3.05, 3.63) is 57.9 Å². The minimum absolute atomic E-state index is 0.120. The number of nitrogens with one attached hydrogen (secondary N) is 1. The Balaban J connectivity index is 1.58. The highest BCUT2D eigenvalue weighted by atomic mass is 16.2. The monoisotopic (exact) mass is 366 g/mol. The highest BCUT2D eigenvalue weighted by Gasteiger charge is 2.26. The summed E-state index contributed by atoms with van der Waals surface area (Å²) in [5.41, 5.74) is 0.919. The van der Waals surface area contributed by atoms with E-state index in [1.54, 1.807) is 47.9 Å². The van der Waals surface area contributed by atoms with Gasteiger partial charge in [-0.1, -0.05) is 12.1 Å². The molecule has 138 valence electrons. The zero-order chi connectivity index (χ0) is 19.1. The lowest BCUT2D eigenvalue weighted by Crippen LogP contribution is -2.37. The molecule has 3 aromatic rings. The van der Waals surface area contributed by atoms with Crippen molar-refractivity contribution in [1.82, 2.24) is 29.5 Å². The van der Waals surface area contributed by atoms with Gasteiger partial charge in [0.25, 0.3) is 17.4 Å². The minimum Gasteiger partial charge on any atom is -0.339 e. The quantitative estimate of drug-likeness (QED) is 0.726. The molecule has 0 bridgehead atoms. The summed E-state index contributed by atoms with van der Waals surface area (Å²) >= 11 is 0. The number of amides is 2. The molecule has 0 saturated carbocycles.